The number of amides is 1. The molecule has 0 spiro atoms. The van der Waals surface area contributed by atoms with Crippen molar-refractivity contribution in [1.29, 1.82) is 0 Å². The first-order chi connectivity index (χ1) is 11.7. The molecule has 0 aromatic carbocycles. The highest BCUT2D eigenvalue weighted by Crippen LogP contribution is 2.17. The third kappa shape index (κ3) is 5.02. The van der Waals surface area contributed by atoms with E-state index in [0.29, 0.717) is 18.1 Å². The molecule has 2 rings (SSSR count). The van der Waals surface area contributed by atoms with Gasteiger partial charge in [-0.15, -0.1) is 0 Å². The Morgan fingerprint density at radius 1 is 1.28 bits per heavy atom. The Morgan fingerprint density at radius 3 is 2.40 bits per heavy atom. The molecule has 1 amide bonds. The quantitative estimate of drug-likeness (QED) is 0.472. The third-order valence-electron chi connectivity index (χ3n) is 3.95. The number of hydrogen-bond acceptors (Lipinski definition) is 6. The third-order valence-corrected chi connectivity index (χ3v) is 5.77. The van der Waals surface area contributed by atoms with Crippen LogP contribution in [0.4, 0.5) is 5.82 Å². The Hall–Kier alpha value is -1.46. The van der Waals surface area contributed by atoms with Crippen LogP contribution < -0.4 is 15.1 Å². The van der Waals surface area contributed by atoms with E-state index < -0.39 is 22.2 Å². The highest BCUT2D eigenvalue weighted by molar-refractivity contribution is 7.87. The predicted molar refractivity (Wildman–Crippen MR) is 93.6 cm³/mol. The second-order valence-electron chi connectivity index (χ2n) is 6.04. The highest BCUT2D eigenvalue weighted by Gasteiger charge is 2.33. The fraction of sp³-hybridized carbons (Fsp3) is 0.571. The normalized spacial score (nSPS) is 17.6. The van der Waals surface area contributed by atoms with E-state index in [1.54, 1.807) is 32.2 Å². The van der Waals surface area contributed by atoms with Crippen LogP contribution in [0, 0.1) is 5.92 Å². The molecule has 3 N–H and O–H groups in total. The number of piperazine rings is 1. The van der Waals surface area contributed by atoms with Crippen LogP contribution in [-0.2, 0) is 15.0 Å². The first-order valence-corrected chi connectivity index (χ1v) is 9.64. The summed E-state index contributed by atoms with van der Waals surface area (Å²) in [6, 6.07) is 2.46. The summed E-state index contributed by atoms with van der Waals surface area (Å²) in [6.45, 7) is 4.82. The summed E-state index contributed by atoms with van der Waals surface area (Å²) in [6.07, 6.45) is 1.54. The molecular weight excluding hydrogens is 370 g/mol. The van der Waals surface area contributed by atoms with Crippen LogP contribution in [0.3, 0.4) is 0 Å². The monoisotopic (exact) mass is 391 g/mol. The first-order valence-electron chi connectivity index (χ1n) is 7.82. The van der Waals surface area contributed by atoms with E-state index in [9.17, 15) is 13.2 Å². The Morgan fingerprint density at radius 2 is 1.92 bits per heavy atom. The lowest BCUT2D eigenvalue weighted by atomic mass is 10.1. The van der Waals surface area contributed by atoms with Gasteiger partial charge in [0.1, 0.15) is 11.9 Å². The topological polar surface area (TPSA) is 115 Å². The Labute approximate surface area is 152 Å². The fourth-order valence-corrected chi connectivity index (χ4v) is 4.11. The average Bonchev–Trinajstić information content (AvgIpc) is 2.59. The minimum absolute atomic E-state index is 0.255. The molecule has 1 aromatic heterocycles. The molecule has 1 atom stereocenters. The molecule has 1 aliphatic heterocycles. The van der Waals surface area contributed by atoms with Crippen molar-refractivity contribution in [1.82, 2.24) is 19.5 Å². The maximum absolute atomic E-state index is 12.5. The number of rotatable bonds is 6. The summed E-state index contributed by atoms with van der Waals surface area (Å²) in [4.78, 5) is 17.8. The minimum atomic E-state index is -3.85. The summed E-state index contributed by atoms with van der Waals surface area (Å²) < 4.78 is 28.6. The molecule has 0 saturated carbocycles. The second kappa shape index (κ2) is 8.28. The molecule has 1 fully saturated rings. The maximum atomic E-state index is 12.5. The van der Waals surface area contributed by atoms with Crippen LogP contribution in [0.25, 0.3) is 0 Å². The van der Waals surface area contributed by atoms with Crippen molar-refractivity contribution in [2.24, 2.45) is 5.92 Å². The van der Waals surface area contributed by atoms with Crippen molar-refractivity contribution in [2.45, 2.75) is 19.9 Å². The molecule has 140 valence electrons. The van der Waals surface area contributed by atoms with E-state index in [4.69, 9.17) is 16.8 Å². The lowest BCUT2D eigenvalue weighted by Crippen LogP contribution is -2.57. The van der Waals surface area contributed by atoms with Gasteiger partial charge in [0.2, 0.25) is 0 Å². The van der Waals surface area contributed by atoms with E-state index in [0.717, 1.165) is 5.82 Å². The molecule has 11 heteroatoms. The van der Waals surface area contributed by atoms with E-state index in [1.807, 2.05) is 4.90 Å². The number of carbonyl (C=O) groups excluding carboxylic acids is 1. The van der Waals surface area contributed by atoms with Gasteiger partial charge in [-0.2, -0.15) is 17.4 Å². The van der Waals surface area contributed by atoms with Crippen molar-refractivity contribution in [3.63, 3.8) is 0 Å². The smallest absolute Gasteiger partial charge is 0.280 e. The van der Waals surface area contributed by atoms with Gasteiger partial charge in [-0.05, 0) is 18.1 Å². The van der Waals surface area contributed by atoms with Gasteiger partial charge in [0, 0.05) is 32.4 Å². The molecular formula is C14H22ClN5O4S. The standard InChI is InChI=1S/C14H22ClN5O4S/c1-10(2)13(14(21)17-22)18-25(23,24)20-7-5-19(6-8-20)12-4-3-11(15)9-16-12/h3-4,9-10,13,18,22H,5-8H2,1-2H3,(H,17,21)/t13-/m1/s1. The number of hydroxylamine groups is 1. The molecule has 0 radical (unpaired) electrons. The Balaban J connectivity index is 2.00. The molecule has 2 heterocycles. The van der Waals surface area contributed by atoms with Crippen LogP contribution in [0.5, 0.6) is 0 Å². The SMILES string of the molecule is CC(C)[C@@H](NS(=O)(=O)N1CCN(c2ccc(Cl)cn2)CC1)C(=O)NO. The van der Waals surface area contributed by atoms with E-state index in [1.165, 1.54) is 9.79 Å². The van der Waals surface area contributed by atoms with Crippen molar-refractivity contribution in [3.05, 3.63) is 23.4 Å². The first kappa shape index (κ1) is 19.9. The summed E-state index contributed by atoms with van der Waals surface area (Å²) in [7, 11) is -3.85. The van der Waals surface area contributed by atoms with Gasteiger partial charge in [0.15, 0.2) is 0 Å². The summed E-state index contributed by atoms with van der Waals surface area (Å²) in [5.41, 5.74) is 1.49. The highest BCUT2D eigenvalue weighted by atomic mass is 35.5. The zero-order valence-electron chi connectivity index (χ0n) is 14.0. The van der Waals surface area contributed by atoms with Crippen molar-refractivity contribution in [3.8, 4) is 0 Å². The molecule has 9 nitrogen and oxygen atoms in total. The van der Waals surface area contributed by atoms with E-state index in [-0.39, 0.29) is 19.0 Å². The van der Waals surface area contributed by atoms with Gasteiger partial charge < -0.3 is 4.90 Å². The summed E-state index contributed by atoms with van der Waals surface area (Å²) >= 11 is 5.82. The molecule has 0 bridgehead atoms. The number of nitrogens with one attached hydrogen (secondary N) is 2. The van der Waals surface area contributed by atoms with Crippen LogP contribution in [-0.4, -0.2) is 61.0 Å². The zero-order chi connectivity index (χ0) is 18.6. The largest absolute Gasteiger partial charge is 0.354 e. The molecule has 1 saturated heterocycles. The molecule has 25 heavy (non-hydrogen) atoms. The molecule has 0 aliphatic carbocycles. The van der Waals surface area contributed by atoms with E-state index in [2.05, 4.69) is 9.71 Å². The number of hydrogen-bond donors (Lipinski definition) is 3. The number of halogens is 1. The van der Waals surface area contributed by atoms with Gasteiger partial charge in [-0.3, -0.25) is 10.0 Å². The van der Waals surface area contributed by atoms with Gasteiger partial charge >= 0.3 is 0 Å². The number of aromatic nitrogens is 1. The van der Waals surface area contributed by atoms with Crippen LogP contribution in [0.15, 0.2) is 18.3 Å². The summed E-state index contributed by atoms with van der Waals surface area (Å²) in [5.74, 6) is -0.377. The number of pyridine rings is 1. The van der Waals surface area contributed by atoms with Crippen molar-refractivity contribution >= 4 is 33.5 Å². The van der Waals surface area contributed by atoms with Crippen LogP contribution >= 0.6 is 11.6 Å². The number of anilines is 1. The zero-order valence-corrected chi connectivity index (χ0v) is 15.6. The van der Waals surface area contributed by atoms with Crippen LogP contribution in [0.2, 0.25) is 5.02 Å². The molecule has 1 aliphatic rings. The minimum Gasteiger partial charge on any atom is -0.354 e. The van der Waals surface area contributed by atoms with Crippen LogP contribution in [0.1, 0.15) is 13.8 Å². The average molecular weight is 392 g/mol. The summed E-state index contributed by atoms with van der Waals surface area (Å²) in [5, 5.41) is 9.31. The molecule has 0 unspecified atom stereocenters. The van der Waals surface area contributed by atoms with Gasteiger partial charge in [-0.1, -0.05) is 25.4 Å². The van der Waals surface area contributed by atoms with Gasteiger partial charge in [0.25, 0.3) is 16.1 Å². The lowest BCUT2D eigenvalue weighted by molar-refractivity contribution is -0.131. The number of nitrogens with zero attached hydrogens (tertiary/aromatic N) is 3. The van der Waals surface area contributed by atoms with Gasteiger partial charge in [-0.25, -0.2) is 10.5 Å². The van der Waals surface area contributed by atoms with Crippen molar-refractivity contribution in [2.75, 3.05) is 31.1 Å². The number of carbonyl (C=O) groups is 1. The molecule has 1 aromatic rings. The van der Waals surface area contributed by atoms with Gasteiger partial charge in [0.05, 0.1) is 5.02 Å². The Bertz CT molecular complexity index is 690. The van der Waals surface area contributed by atoms with E-state index >= 15 is 0 Å². The maximum Gasteiger partial charge on any atom is 0.280 e. The lowest BCUT2D eigenvalue weighted by Gasteiger charge is -2.35. The second-order valence-corrected chi connectivity index (χ2v) is 8.18. The van der Waals surface area contributed by atoms with Crippen molar-refractivity contribution < 1.29 is 18.4 Å². The fourth-order valence-electron chi connectivity index (χ4n) is 2.51. The Kier molecular flexibility index (Phi) is 6.58. The predicted octanol–water partition coefficient (Wildman–Crippen LogP) is 0.221.